The van der Waals surface area contributed by atoms with E-state index in [9.17, 15) is 0 Å². The summed E-state index contributed by atoms with van der Waals surface area (Å²) in [5.74, 6) is 2.63. The maximum atomic E-state index is 5.47. The minimum absolute atomic E-state index is 0.577. The number of methoxy groups -OCH3 is 4. The summed E-state index contributed by atoms with van der Waals surface area (Å²) in [5, 5.41) is 0. The van der Waals surface area contributed by atoms with E-state index in [-0.39, 0.29) is 0 Å². The highest BCUT2D eigenvalue weighted by atomic mass is 16.5. The van der Waals surface area contributed by atoms with E-state index < -0.39 is 0 Å². The summed E-state index contributed by atoms with van der Waals surface area (Å²) in [6.07, 6.45) is 2.01. The first kappa shape index (κ1) is 16.8. The Kier molecular flexibility index (Phi) is 4.84. The Morgan fingerprint density at radius 1 is 0.720 bits per heavy atom. The second-order valence-electron chi connectivity index (χ2n) is 5.38. The van der Waals surface area contributed by atoms with Gasteiger partial charge >= 0.3 is 0 Å². The van der Waals surface area contributed by atoms with Crippen LogP contribution >= 0.6 is 0 Å². The van der Waals surface area contributed by atoms with Gasteiger partial charge in [-0.15, -0.1) is 0 Å². The van der Waals surface area contributed by atoms with Crippen molar-refractivity contribution in [2.75, 3.05) is 28.4 Å². The summed E-state index contributed by atoms with van der Waals surface area (Å²) in [4.78, 5) is 0. The second kappa shape index (κ2) is 7.21. The lowest BCUT2D eigenvalue weighted by atomic mass is 10.1. The summed E-state index contributed by atoms with van der Waals surface area (Å²) < 4.78 is 23.8. The van der Waals surface area contributed by atoms with Gasteiger partial charge in [0.05, 0.1) is 34.1 Å². The van der Waals surface area contributed by atoms with Crippen LogP contribution in [-0.2, 0) is 0 Å². The van der Waals surface area contributed by atoms with Gasteiger partial charge in [0.1, 0.15) is 5.75 Å². The molecule has 5 heteroatoms. The van der Waals surface area contributed by atoms with Gasteiger partial charge in [0, 0.05) is 23.5 Å². The number of benzene rings is 2. The van der Waals surface area contributed by atoms with E-state index >= 15 is 0 Å². The zero-order valence-corrected chi connectivity index (χ0v) is 14.8. The molecular weight excluding hydrogens is 318 g/mol. The van der Waals surface area contributed by atoms with Gasteiger partial charge in [-0.1, -0.05) is 6.07 Å². The molecule has 1 aromatic heterocycles. The molecule has 5 nitrogen and oxygen atoms in total. The molecule has 0 aliphatic heterocycles. The molecular formula is C20H21NO4. The minimum atomic E-state index is 0.577. The number of rotatable bonds is 6. The Bertz CT molecular complexity index is 845. The van der Waals surface area contributed by atoms with E-state index in [1.165, 1.54) is 0 Å². The highest BCUT2D eigenvalue weighted by molar-refractivity contribution is 5.70. The number of aromatic nitrogens is 1. The smallest absolute Gasteiger partial charge is 0.203 e. The Hall–Kier alpha value is -3.08. The molecule has 0 saturated carbocycles. The highest BCUT2D eigenvalue weighted by Crippen LogP contribution is 2.41. The third kappa shape index (κ3) is 3.13. The maximum Gasteiger partial charge on any atom is 0.203 e. The molecule has 3 aromatic rings. The van der Waals surface area contributed by atoms with E-state index in [4.69, 9.17) is 18.9 Å². The van der Waals surface area contributed by atoms with Gasteiger partial charge in [0.2, 0.25) is 5.75 Å². The van der Waals surface area contributed by atoms with E-state index in [1.807, 2.05) is 54.7 Å². The molecule has 0 atom stereocenters. The number of hydrogen-bond acceptors (Lipinski definition) is 4. The van der Waals surface area contributed by atoms with E-state index in [0.29, 0.717) is 17.2 Å². The second-order valence-corrected chi connectivity index (χ2v) is 5.38. The predicted octanol–water partition coefficient (Wildman–Crippen LogP) is 4.18. The molecule has 2 aromatic carbocycles. The lowest BCUT2D eigenvalue weighted by Crippen LogP contribution is -1.99. The molecule has 0 saturated heterocycles. The summed E-state index contributed by atoms with van der Waals surface area (Å²) in [6.45, 7) is 0. The third-order valence-electron chi connectivity index (χ3n) is 4.04. The predicted molar refractivity (Wildman–Crippen MR) is 97.4 cm³/mol. The van der Waals surface area contributed by atoms with Crippen molar-refractivity contribution in [2.45, 2.75) is 0 Å². The lowest BCUT2D eigenvalue weighted by molar-refractivity contribution is 0.324. The van der Waals surface area contributed by atoms with Gasteiger partial charge < -0.3 is 23.5 Å². The first-order valence-corrected chi connectivity index (χ1v) is 7.84. The van der Waals surface area contributed by atoms with Crippen LogP contribution in [0.4, 0.5) is 0 Å². The van der Waals surface area contributed by atoms with Crippen LogP contribution in [0.3, 0.4) is 0 Å². The van der Waals surface area contributed by atoms with Crippen molar-refractivity contribution in [3.8, 4) is 39.9 Å². The van der Waals surface area contributed by atoms with Crippen LogP contribution in [0.25, 0.3) is 16.9 Å². The zero-order valence-electron chi connectivity index (χ0n) is 14.8. The molecule has 0 spiro atoms. The number of hydrogen-bond donors (Lipinski definition) is 0. The Morgan fingerprint density at radius 2 is 1.44 bits per heavy atom. The fourth-order valence-electron chi connectivity index (χ4n) is 2.83. The van der Waals surface area contributed by atoms with Crippen LogP contribution in [-0.4, -0.2) is 33.0 Å². The average Bonchev–Trinajstić information content (AvgIpc) is 3.16. The molecule has 3 rings (SSSR count). The Labute approximate surface area is 147 Å². The molecule has 0 N–H and O–H groups in total. The highest BCUT2D eigenvalue weighted by Gasteiger charge is 2.16. The van der Waals surface area contributed by atoms with Crippen LogP contribution in [0.5, 0.6) is 23.0 Å². The van der Waals surface area contributed by atoms with E-state index in [0.717, 1.165) is 22.7 Å². The standard InChI is InChI=1S/C20H21NO4/c1-22-16-8-5-7-15(13-16)21-10-6-9-17(21)14-11-18(23-2)20(25-4)19(12-14)24-3/h5-13H,1-4H3. The van der Waals surface area contributed by atoms with E-state index in [2.05, 4.69) is 4.57 Å². The normalized spacial score (nSPS) is 10.4. The molecule has 0 aliphatic carbocycles. The number of ether oxygens (including phenoxy) is 4. The first-order chi connectivity index (χ1) is 12.2. The maximum absolute atomic E-state index is 5.47. The van der Waals surface area contributed by atoms with Crippen molar-refractivity contribution >= 4 is 0 Å². The van der Waals surface area contributed by atoms with Gasteiger partial charge in [0.25, 0.3) is 0 Å². The Morgan fingerprint density at radius 3 is 2.04 bits per heavy atom. The number of nitrogens with zero attached hydrogens (tertiary/aromatic N) is 1. The van der Waals surface area contributed by atoms with E-state index in [1.54, 1.807) is 28.4 Å². The van der Waals surface area contributed by atoms with Crippen molar-refractivity contribution in [1.29, 1.82) is 0 Å². The summed E-state index contributed by atoms with van der Waals surface area (Å²) in [7, 11) is 6.48. The van der Waals surface area contributed by atoms with Crippen LogP contribution in [0, 0.1) is 0 Å². The van der Waals surface area contributed by atoms with Crippen molar-refractivity contribution < 1.29 is 18.9 Å². The fraction of sp³-hybridized carbons (Fsp3) is 0.200. The molecule has 0 radical (unpaired) electrons. The van der Waals surface area contributed by atoms with Crippen LogP contribution in [0.15, 0.2) is 54.7 Å². The van der Waals surface area contributed by atoms with Crippen LogP contribution < -0.4 is 18.9 Å². The molecule has 0 aliphatic rings. The third-order valence-corrected chi connectivity index (χ3v) is 4.04. The average molecular weight is 339 g/mol. The SMILES string of the molecule is COc1cccc(-n2cccc2-c2cc(OC)c(OC)c(OC)c2)c1. The first-order valence-electron chi connectivity index (χ1n) is 7.84. The van der Waals surface area contributed by atoms with Crippen molar-refractivity contribution in [3.63, 3.8) is 0 Å². The molecule has 0 unspecified atom stereocenters. The topological polar surface area (TPSA) is 41.9 Å². The summed E-state index contributed by atoms with van der Waals surface area (Å²) in [6, 6.07) is 15.8. The zero-order chi connectivity index (χ0) is 17.8. The molecule has 1 heterocycles. The van der Waals surface area contributed by atoms with Crippen molar-refractivity contribution in [1.82, 2.24) is 4.57 Å². The van der Waals surface area contributed by atoms with Gasteiger partial charge in [0.15, 0.2) is 11.5 Å². The summed E-state index contributed by atoms with van der Waals surface area (Å²) >= 11 is 0. The van der Waals surface area contributed by atoms with Crippen molar-refractivity contribution in [2.24, 2.45) is 0 Å². The van der Waals surface area contributed by atoms with Crippen LogP contribution in [0.1, 0.15) is 0 Å². The van der Waals surface area contributed by atoms with Gasteiger partial charge in [-0.25, -0.2) is 0 Å². The van der Waals surface area contributed by atoms with Gasteiger partial charge in [-0.05, 0) is 36.4 Å². The summed E-state index contributed by atoms with van der Waals surface area (Å²) in [5.41, 5.74) is 2.97. The molecule has 130 valence electrons. The van der Waals surface area contributed by atoms with Gasteiger partial charge in [-0.2, -0.15) is 0 Å². The van der Waals surface area contributed by atoms with Crippen molar-refractivity contribution in [3.05, 3.63) is 54.7 Å². The van der Waals surface area contributed by atoms with Crippen LogP contribution in [0.2, 0.25) is 0 Å². The monoisotopic (exact) mass is 339 g/mol. The van der Waals surface area contributed by atoms with Gasteiger partial charge in [-0.3, -0.25) is 0 Å². The largest absolute Gasteiger partial charge is 0.497 e. The fourth-order valence-corrected chi connectivity index (χ4v) is 2.83. The Balaban J connectivity index is 2.14. The molecule has 0 fully saturated rings. The molecule has 25 heavy (non-hydrogen) atoms. The quantitative estimate of drug-likeness (QED) is 0.676. The molecule has 0 amide bonds. The molecule has 0 bridgehead atoms. The lowest BCUT2D eigenvalue weighted by Gasteiger charge is -2.16. The minimum Gasteiger partial charge on any atom is -0.497 e.